The summed E-state index contributed by atoms with van der Waals surface area (Å²) in [4.78, 5) is 15.4. The number of hydrogen-bond acceptors (Lipinski definition) is 2. The Morgan fingerprint density at radius 2 is 1.36 bits per heavy atom. The highest BCUT2D eigenvalue weighted by molar-refractivity contribution is 5.85. The number of carbonyl (C=O) groups excluding carboxylic acids is 1. The van der Waals surface area contributed by atoms with Crippen molar-refractivity contribution in [2.75, 3.05) is 14.1 Å². The van der Waals surface area contributed by atoms with Crippen LogP contribution in [0.2, 0.25) is 0 Å². The summed E-state index contributed by atoms with van der Waals surface area (Å²) < 4.78 is 0. The van der Waals surface area contributed by atoms with Gasteiger partial charge < -0.3 is 4.90 Å². The summed E-state index contributed by atoms with van der Waals surface area (Å²) in [6.07, 6.45) is 3.05. The summed E-state index contributed by atoms with van der Waals surface area (Å²) >= 11 is 0. The Hall–Kier alpha value is -1.93. The van der Waals surface area contributed by atoms with Crippen LogP contribution in [0.25, 0.3) is 0 Å². The third-order valence-corrected chi connectivity index (χ3v) is 5.25. The second kappa shape index (κ2) is 8.96. The average molecular weight is 338 g/mol. The van der Waals surface area contributed by atoms with E-state index in [2.05, 4.69) is 74.4 Å². The van der Waals surface area contributed by atoms with Gasteiger partial charge in [-0.05, 0) is 51.4 Å². The van der Waals surface area contributed by atoms with Gasteiger partial charge in [-0.15, -0.1) is 0 Å². The predicted molar refractivity (Wildman–Crippen MR) is 106 cm³/mol. The first-order valence-electron chi connectivity index (χ1n) is 9.24. The van der Waals surface area contributed by atoms with Crippen LogP contribution in [0.1, 0.15) is 37.8 Å². The fraction of sp³-hybridized carbons (Fsp3) is 0.435. The van der Waals surface area contributed by atoms with Crippen molar-refractivity contribution in [3.05, 3.63) is 71.8 Å². The minimum Gasteiger partial charge on any atom is -0.307 e. The zero-order valence-corrected chi connectivity index (χ0v) is 16.0. The third-order valence-electron chi connectivity index (χ3n) is 5.25. The largest absolute Gasteiger partial charge is 0.307 e. The first kappa shape index (κ1) is 19.4. The van der Waals surface area contributed by atoms with Crippen molar-refractivity contribution in [2.45, 2.75) is 45.6 Å². The molecule has 2 nitrogen and oxygen atoms in total. The molecule has 0 radical (unpaired) electrons. The Balaban J connectivity index is 2.42. The van der Waals surface area contributed by atoms with Crippen molar-refractivity contribution in [3.63, 3.8) is 0 Å². The van der Waals surface area contributed by atoms with Crippen LogP contribution in [0.4, 0.5) is 0 Å². The molecule has 2 heteroatoms. The molecule has 0 saturated carbocycles. The highest BCUT2D eigenvalue weighted by atomic mass is 16.1. The van der Waals surface area contributed by atoms with Gasteiger partial charge in [-0.3, -0.25) is 4.79 Å². The maximum atomic E-state index is 13.2. The van der Waals surface area contributed by atoms with E-state index >= 15 is 0 Å². The van der Waals surface area contributed by atoms with E-state index < -0.39 is 0 Å². The van der Waals surface area contributed by atoms with Crippen molar-refractivity contribution in [2.24, 2.45) is 5.41 Å². The molecule has 1 atom stereocenters. The van der Waals surface area contributed by atoms with Crippen molar-refractivity contribution in [3.8, 4) is 0 Å². The highest BCUT2D eigenvalue weighted by Gasteiger charge is 2.38. The molecule has 2 rings (SSSR count). The lowest BCUT2D eigenvalue weighted by Crippen LogP contribution is -2.41. The van der Waals surface area contributed by atoms with Crippen LogP contribution in [0.5, 0.6) is 0 Å². The Morgan fingerprint density at radius 1 is 0.920 bits per heavy atom. The number of carbonyl (C=O) groups is 1. The van der Waals surface area contributed by atoms with E-state index in [1.807, 2.05) is 19.1 Å². The van der Waals surface area contributed by atoms with Gasteiger partial charge in [0, 0.05) is 17.9 Å². The van der Waals surface area contributed by atoms with Crippen LogP contribution >= 0.6 is 0 Å². The quantitative estimate of drug-likeness (QED) is 0.656. The highest BCUT2D eigenvalue weighted by Crippen LogP contribution is 2.36. The first-order valence-corrected chi connectivity index (χ1v) is 9.24. The molecule has 0 aliphatic heterocycles. The topological polar surface area (TPSA) is 20.3 Å². The Kier molecular flexibility index (Phi) is 6.95. The van der Waals surface area contributed by atoms with E-state index in [-0.39, 0.29) is 5.41 Å². The van der Waals surface area contributed by atoms with Crippen molar-refractivity contribution >= 4 is 5.78 Å². The number of benzene rings is 2. The minimum absolute atomic E-state index is 0.350. The lowest BCUT2D eigenvalue weighted by Gasteiger charge is -2.37. The summed E-state index contributed by atoms with van der Waals surface area (Å²) in [6.45, 7) is 4.21. The summed E-state index contributed by atoms with van der Waals surface area (Å²) in [5.74, 6) is 0.369. The number of rotatable bonds is 9. The number of ketones is 1. The summed E-state index contributed by atoms with van der Waals surface area (Å²) in [5, 5.41) is 0. The third kappa shape index (κ3) is 5.27. The van der Waals surface area contributed by atoms with Gasteiger partial charge in [0.15, 0.2) is 0 Å². The number of nitrogens with zero attached hydrogens (tertiary/aromatic N) is 1. The average Bonchev–Trinajstić information content (AvgIpc) is 2.62. The van der Waals surface area contributed by atoms with Crippen molar-refractivity contribution in [1.29, 1.82) is 0 Å². The van der Waals surface area contributed by atoms with E-state index in [1.54, 1.807) is 0 Å². The molecular formula is C23H31NO. The molecule has 2 aromatic rings. The molecule has 0 aliphatic carbocycles. The molecule has 0 N–H and O–H groups in total. The molecule has 0 saturated heterocycles. The van der Waals surface area contributed by atoms with Crippen molar-refractivity contribution < 1.29 is 4.79 Å². The Labute approximate surface area is 152 Å². The van der Waals surface area contributed by atoms with Crippen LogP contribution < -0.4 is 0 Å². The standard InChI is InChI=1S/C23H31NO/c1-5-22(25)23(16-19(2)24(3)4,17-20-12-8-6-9-13-20)18-21-14-10-7-11-15-21/h6-15,19H,5,16-18H2,1-4H3. The first-order chi connectivity index (χ1) is 12.0. The number of Topliss-reactive ketones (excluding diaryl/α,β-unsaturated/α-hetero) is 1. The lowest BCUT2D eigenvalue weighted by atomic mass is 9.68. The summed E-state index contributed by atoms with van der Waals surface area (Å²) in [6, 6.07) is 21.2. The maximum absolute atomic E-state index is 13.2. The molecule has 0 bridgehead atoms. The summed E-state index contributed by atoms with van der Waals surface area (Å²) in [7, 11) is 4.19. The van der Waals surface area contributed by atoms with Crippen LogP contribution in [0, 0.1) is 5.41 Å². The van der Waals surface area contributed by atoms with Crippen LogP contribution in [0.15, 0.2) is 60.7 Å². The molecular weight excluding hydrogens is 306 g/mol. The predicted octanol–water partition coefficient (Wildman–Crippen LogP) is 4.78. The maximum Gasteiger partial charge on any atom is 0.139 e. The molecule has 0 aromatic heterocycles. The second-order valence-corrected chi connectivity index (χ2v) is 7.40. The second-order valence-electron chi connectivity index (χ2n) is 7.40. The van der Waals surface area contributed by atoms with Gasteiger partial charge in [0.2, 0.25) is 0 Å². The smallest absolute Gasteiger partial charge is 0.139 e. The minimum atomic E-state index is -0.360. The fourth-order valence-electron chi connectivity index (χ4n) is 3.61. The molecule has 0 heterocycles. The molecule has 0 spiro atoms. The molecule has 2 aromatic carbocycles. The van der Waals surface area contributed by atoms with Crippen LogP contribution in [-0.4, -0.2) is 30.8 Å². The Morgan fingerprint density at radius 3 is 1.72 bits per heavy atom. The van der Waals surface area contributed by atoms with E-state index in [0.29, 0.717) is 18.2 Å². The number of hydrogen-bond donors (Lipinski definition) is 0. The normalized spacial score (nSPS) is 13.0. The SMILES string of the molecule is CCC(=O)C(Cc1ccccc1)(Cc1ccccc1)CC(C)N(C)C. The van der Waals surface area contributed by atoms with Gasteiger partial charge in [-0.1, -0.05) is 67.6 Å². The Bertz CT molecular complexity index is 607. The lowest BCUT2D eigenvalue weighted by molar-refractivity contribution is -0.129. The molecule has 134 valence electrons. The van der Waals surface area contributed by atoms with Gasteiger partial charge in [0.1, 0.15) is 5.78 Å². The zero-order chi connectivity index (χ0) is 18.3. The van der Waals surface area contributed by atoms with Crippen LogP contribution in [0.3, 0.4) is 0 Å². The van der Waals surface area contributed by atoms with E-state index in [0.717, 1.165) is 19.3 Å². The van der Waals surface area contributed by atoms with Gasteiger partial charge in [-0.25, -0.2) is 0 Å². The van der Waals surface area contributed by atoms with Gasteiger partial charge in [-0.2, -0.15) is 0 Å². The molecule has 1 unspecified atom stereocenters. The van der Waals surface area contributed by atoms with Crippen molar-refractivity contribution in [1.82, 2.24) is 4.90 Å². The van der Waals surface area contributed by atoms with Gasteiger partial charge in [0.25, 0.3) is 0 Å². The van der Waals surface area contributed by atoms with Gasteiger partial charge >= 0.3 is 0 Å². The van der Waals surface area contributed by atoms with E-state index in [9.17, 15) is 4.79 Å². The summed E-state index contributed by atoms with van der Waals surface area (Å²) in [5.41, 5.74) is 2.12. The monoisotopic (exact) mass is 337 g/mol. The van der Waals surface area contributed by atoms with E-state index in [4.69, 9.17) is 0 Å². The van der Waals surface area contributed by atoms with E-state index in [1.165, 1.54) is 11.1 Å². The zero-order valence-electron chi connectivity index (χ0n) is 16.0. The molecule has 0 amide bonds. The van der Waals surface area contributed by atoms with Gasteiger partial charge in [0.05, 0.1) is 0 Å². The molecule has 0 fully saturated rings. The fourth-order valence-corrected chi connectivity index (χ4v) is 3.61. The molecule has 25 heavy (non-hydrogen) atoms. The van der Waals surface area contributed by atoms with Crippen LogP contribution in [-0.2, 0) is 17.6 Å². The molecule has 0 aliphatic rings.